The first-order valence-corrected chi connectivity index (χ1v) is 10.4. The normalized spacial score (nSPS) is 10.6. The molecule has 0 atom stereocenters. The molecule has 4 rings (SSSR count). The number of amides is 2. The Hall–Kier alpha value is -3.85. The van der Waals surface area contributed by atoms with Crippen LogP contribution in [0.15, 0.2) is 76.5 Å². The van der Waals surface area contributed by atoms with Gasteiger partial charge in [-0.25, -0.2) is 0 Å². The van der Waals surface area contributed by atoms with Crippen molar-refractivity contribution in [2.75, 3.05) is 16.4 Å². The Labute approximate surface area is 182 Å². The van der Waals surface area contributed by atoms with E-state index in [0.29, 0.717) is 28.5 Å². The number of carbonyl (C=O) groups is 2. The van der Waals surface area contributed by atoms with Crippen LogP contribution in [-0.4, -0.2) is 32.7 Å². The van der Waals surface area contributed by atoms with Gasteiger partial charge in [0.1, 0.15) is 5.69 Å². The number of carbonyl (C=O) groups excluding carboxylic acids is 2. The minimum Gasteiger partial charge on any atom is -0.410 e. The Morgan fingerprint density at radius 3 is 2.71 bits per heavy atom. The largest absolute Gasteiger partial charge is 0.410 e. The van der Waals surface area contributed by atoms with Crippen molar-refractivity contribution in [1.29, 1.82) is 0 Å². The summed E-state index contributed by atoms with van der Waals surface area (Å²) in [6.07, 6.45) is 1.76. The molecular formula is C22H19N5O3S. The summed E-state index contributed by atoms with van der Waals surface area (Å²) in [5.41, 5.74) is 3.23. The van der Waals surface area contributed by atoms with Crippen molar-refractivity contribution in [3.8, 4) is 11.6 Å². The van der Waals surface area contributed by atoms with Crippen molar-refractivity contribution < 1.29 is 14.0 Å². The maximum Gasteiger partial charge on any atom is 0.277 e. The zero-order valence-electron chi connectivity index (χ0n) is 16.6. The number of para-hydroxylation sites is 1. The summed E-state index contributed by atoms with van der Waals surface area (Å²) >= 11 is 1.12. The fourth-order valence-electron chi connectivity index (χ4n) is 2.87. The molecule has 2 heterocycles. The molecule has 9 heteroatoms. The number of H-pyrrole nitrogens is 1. The van der Waals surface area contributed by atoms with E-state index in [1.54, 1.807) is 30.5 Å². The van der Waals surface area contributed by atoms with Gasteiger partial charge in [0.05, 0.1) is 17.0 Å². The van der Waals surface area contributed by atoms with Gasteiger partial charge < -0.3 is 20.0 Å². The van der Waals surface area contributed by atoms with E-state index in [0.717, 1.165) is 17.3 Å². The molecule has 0 aliphatic rings. The Balaban J connectivity index is 1.38. The minimum atomic E-state index is -0.304. The molecule has 31 heavy (non-hydrogen) atoms. The van der Waals surface area contributed by atoms with Gasteiger partial charge in [-0.3, -0.25) is 9.59 Å². The second kappa shape index (κ2) is 9.31. The van der Waals surface area contributed by atoms with E-state index in [2.05, 4.69) is 25.8 Å². The van der Waals surface area contributed by atoms with Crippen LogP contribution in [0.25, 0.3) is 11.6 Å². The molecule has 0 bridgehead atoms. The second-order valence-electron chi connectivity index (χ2n) is 6.66. The first kappa shape index (κ1) is 20.4. The van der Waals surface area contributed by atoms with Gasteiger partial charge in [-0.15, -0.1) is 10.2 Å². The molecule has 3 N–H and O–H groups in total. The predicted octanol–water partition coefficient (Wildman–Crippen LogP) is 4.36. The molecule has 156 valence electrons. The number of aryl methyl sites for hydroxylation is 1. The quantitative estimate of drug-likeness (QED) is 0.373. The smallest absolute Gasteiger partial charge is 0.277 e. The number of nitrogens with one attached hydrogen (secondary N) is 3. The SMILES string of the molecule is Cc1cccc(NC(=O)c2ccccc2NC(=O)CSc2nnc(-c3ccc[nH]3)o2)c1. The summed E-state index contributed by atoms with van der Waals surface area (Å²) in [5.74, 6) is -0.187. The highest BCUT2D eigenvalue weighted by Crippen LogP contribution is 2.23. The third-order valence-corrected chi connectivity index (χ3v) is 5.10. The van der Waals surface area contributed by atoms with Crippen LogP contribution in [0.4, 0.5) is 11.4 Å². The zero-order valence-corrected chi connectivity index (χ0v) is 17.4. The monoisotopic (exact) mass is 433 g/mol. The molecule has 0 saturated heterocycles. The Kier molecular flexibility index (Phi) is 6.13. The number of nitrogens with zero attached hydrogens (tertiary/aromatic N) is 2. The van der Waals surface area contributed by atoms with Gasteiger partial charge in [0.25, 0.3) is 17.0 Å². The summed E-state index contributed by atoms with van der Waals surface area (Å²) in [4.78, 5) is 28.1. The van der Waals surface area contributed by atoms with Crippen LogP contribution in [0.1, 0.15) is 15.9 Å². The molecule has 0 spiro atoms. The van der Waals surface area contributed by atoms with E-state index < -0.39 is 0 Å². The highest BCUT2D eigenvalue weighted by molar-refractivity contribution is 7.99. The van der Waals surface area contributed by atoms with Crippen LogP contribution in [0.5, 0.6) is 0 Å². The van der Waals surface area contributed by atoms with E-state index in [1.165, 1.54) is 0 Å². The molecule has 0 radical (unpaired) electrons. The fraction of sp³-hybridized carbons (Fsp3) is 0.0909. The molecule has 2 amide bonds. The third-order valence-electron chi connectivity index (χ3n) is 4.28. The Bertz CT molecular complexity index is 1200. The molecule has 0 aliphatic carbocycles. The Morgan fingerprint density at radius 1 is 1.03 bits per heavy atom. The maximum absolute atomic E-state index is 12.7. The number of aromatic amines is 1. The van der Waals surface area contributed by atoms with Crippen LogP contribution >= 0.6 is 11.8 Å². The summed E-state index contributed by atoms with van der Waals surface area (Å²) < 4.78 is 5.53. The van der Waals surface area contributed by atoms with Gasteiger partial charge in [-0.1, -0.05) is 36.0 Å². The van der Waals surface area contributed by atoms with Gasteiger partial charge >= 0.3 is 0 Å². The number of benzene rings is 2. The van der Waals surface area contributed by atoms with Crippen LogP contribution in [0.3, 0.4) is 0 Å². The minimum absolute atomic E-state index is 0.0557. The lowest BCUT2D eigenvalue weighted by molar-refractivity contribution is -0.113. The van der Waals surface area contributed by atoms with Gasteiger partial charge in [0, 0.05) is 11.9 Å². The van der Waals surface area contributed by atoms with Crippen molar-refractivity contribution >= 4 is 35.0 Å². The molecule has 2 aromatic carbocycles. The highest BCUT2D eigenvalue weighted by Gasteiger charge is 2.15. The van der Waals surface area contributed by atoms with Crippen LogP contribution in [0.2, 0.25) is 0 Å². The fourth-order valence-corrected chi connectivity index (χ4v) is 3.43. The summed E-state index contributed by atoms with van der Waals surface area (Å²) in [6, 6.07) is 18.0. The molecule has 0 saturated carbocycles. The molecule has 4 aromatic rings. The number of thioether (sulfide) groups is 1. The molecule has 2 aromatic heterocycles. The van der Waals surface area contributed by atoms with Gasteiger partial charge in [0.15, 0.2) is 0 Å². The summed E-state index contributed by atoms with van der Waals surface area (Å²) in [7, 11) is 0. The van der Waals surface area contributed by atoms with Crippen molar-refractivity contribution in [1.82, 2.24) is 15.2 Å². The Morgan fingerprint density at radius 2 is 1.90 bits per heavy atom. The lowest BCUT2D eigenvalue weighted by Crippen LogP contribution is -2.19. The number of hydrogen-bond acceptors (Lipinski definition) is 6. The van der Waals surface area contributed by atoms with Crippen molar-refractivity contribution in [2.45, 2.75) is 12.1 Å². The average Bonchev–Trinajstić information content (AvgIpc) is 3.44. The van der Waals surface area contributed by atoms with E-state index in [4.69, 9.17) is 4.42 Å². The van der Waals surface area contributed by atoms with Crippen molar-refractivity contribution in [2.24, 2.45) is 0 Å². The second-order valence-corrected chi connectivity index (χ2v) is 7.59. The lowest BCUT2D eigenvalue weighted by Gasteiger charge is -2.11. The van der Waals surface area contributed by atoms with Crippen LogP contribution < -0.4 is 10.6 Å². The number of rotatable bonds is 7. The number of aromatic nitrogens is 3. The molecular weight excluding hydrogens is 414 g/mol. The van der Waals surface area contributed by atoms with Crippen molar-refractivity contribution in [3.63, 3.8) is 0 Å². The average molecular weight is 433 g/mol. The molecule has 0 fully saturated rings. The lowest BCUT2D eigenvalue weighted by atomic mass is 10.1. The number of hydrogen-bond donors (Lipinski definition) is 3. The summed E-state index contributed by atoms with van der Waals surface area (Å²) in [6.45, 7) is 1.95. The molecule has 0 unspecified atom stereocenters. The maximum atomic E-state index is 12.7. The van der Waals surface area contributed by atoms with E-state index in [1.807, 2.05) is 43.3 Å². The standard InChI is InChI=1S/C22H19N5O3S/c1-14-6-4-7-15(12-14)24-20(29)16-8-2-3-9-17(16)25-19(28)13-31-22-27-26-21(30-22)18-10-5-11-23-18/h2-12,23H,13H2,1H3,(H,24,29)(H,25,28). The molecule has 0 aliphatic heterocycles. The van der Waals surface area contributed by atoms with E-state index >= 15 is 0 Å². The van der Waals surface area contributed by atoms with E-state index in [9.17, 15) is 9.59 Å². The van der Waals surface area contributed by atoms with Crippen LogP contribution in [0, 0.1) is 6.92 Å². The topological polar surface area (TPSA) is 113 Å². The van der Waals surface area contributed by atoms with Crippen molar-refractivity contribution in [3.05, 3.63) is 78.0 Å². The van der Waals surface area contributed by atoms with E-state index in [-0.39, 0.29) is 22.8 Å². The predicted molar refractivity (Wildman–Crippen MR) is 119 cm³/mol. The van der Waals surface area contributed by atoms with Gasteiger partial charge in [-0.2, -0.15) is 0 Å². The van der Waals surface area contributed by atoms with Crippen LogP contribution in [-0.2, 0) is 4.79 Å². The third kappa shape index (κ3) is 5.20. The number of anilines is 2. The first-order valence-electron chi connectivity index (χ1n) is 9.45. The first-order chi connectivity index (χ1) is 15.1. The summed E-state index contributed by atoms with van der Waals surface area (Å²) in [5, 5.41) is 13.8. The van der Waals surface area contributed by atoms with Gasteiger partial charge in [0.2, 0.25) is 5.91 Å². The van der Waals surface area contributed by atoms with Gasteiger partial charge in [-0.05, 0) is 48.9 Å². The highest BCUT2D eigenvalue weighted by atomic mass is 32.2. The molecule has 8 nitrogen and oxygen atoms in total. The zero-order chi connectivity index (χ0) is 21.6.